The number of aromatic nitrogens is 2. The topological polar surface area (TPSA) is 9.86 Å². The Morgan fingerprint density at radius 2 is 0.804 bits per heavy atom. The maximum atomic E-state index is 2.41. The van der Waals surface area contributed by atoms with Gasteiger partial charge in [0.15, 0.2) is 0 Å². The second-order valence-electron chi connectivity index (χ2n) is 13.3. The van der Waals surface area contributed by atoms with E-state index in [4.69, 9.17) is 0 Å². The number of para-hydroxylation sites is 3. The molecule has 51 heavy (non-hydrogen) atoms. The van der Waals surface area contributed by atoms with Crippen LogP contribution in [0.25, 0.3) is 97.4 Å². The highest BCUT2D eigenvalue weighted by Crippen LogP contribution is 2.41. The first-order valence-corrected chi connectivity index (χ1v) is 18.3. The van der Waals surface area contributed by atoms with Crippen LogP contribution in [0.5, 0.6) is 0 Å². The SMILES string of the molecule is c1ccc(-n2c3ccccc3c3cc(-c4ccc5c(c4)c4ccccc4n5-c4ccc(-c5cccc6sc7ccccc7c56)cc4)ccc32)cc1. The van der Waals surface area contributed by atoms with E-state index in [9.17, 15) is 0 Å². The molecule has 0 unspecified atom stereocenters. The lowest BCUT2D eigenvalue weighted by atomic mass is 9.99. The number of hydrogen-bond acceptors (Lipinski definition) is 1. The standard InChI is InChI=1S/C48H30N2S/c1-2-11-34(12-3-1)49-42-17-7-4-13-37(42)40-29-32(23-27-44(40)49)33-24-28-45-41(30-33)38-14-5-8-18-43(38)50(45)35-25-21-31(22-26-35)36-16-10-20-47-48(36)39-15-6-9-19-46(39)51-47/h1-30H. The van der Waals surface area contributed by atoms with Gasteiger partial charge in [0.1, 0.15) is 0 Å². The highest BCUT2D eigenvalue weighted by atomic mass is 32.1. The molecule has 0 fully saturated rings. The van der Waals surface area contributed by atoms with Crippen LogP contribution < -0.4 is 0 Å². The predicted octanol–water partition coefficient (Wildman–Crippen LogP) is 13.6. The van der Waals surface area contributed by atoms with Gasteiger partial charge in [-0.1, -0.05) is 109 Å². The molecule has 3 aromatic heterocycles. The maximum Gasteiger partial charge on any atom is 0.0541 e. The summed E-state index contributed by atoms with van der Waals surface area (Å²) in [5.74, 6) is 0. The van der Waals surface area contributed by atoms with Gasteiger partial charge in [-0.2, -0.15) is 0 Å². The van der Waals surface area contributed by atoms with E-state index in [0.29, 0.717) is 0 Å². The van der Waals surface area contributed by atoms with Crippen molar-refractivity contribution < 1.29 is 0 Å². The molecular formula is C48H30N2S. The minimum atomic E-state index is 1.16. The Balaban J connectivity index is 1.04. The van der Waals surface area contributed by atoms with E-state index < -0.39 is 0 Å². The van der Waals surface area contributed by atoms with Crippen molar-refractivity contribution in [3.8, 4) is 33.6 Å². The van der Waals surface area contributed by atoms with Crippen molar-refractivity contribution in [2.24, 2.45) is 0 Å². The van der Waals surface area contributed by atoms with Gasteiger partial charge in [-0.05, 0) is 95.1 Å². The van der Waals surface area contributed by atoms with E-state index in [2.05, 4.69) is 191 Å². The molecule has 0 bridgehead atoms. The molecule has 0 aliphatic heterocycles. The zero-order valence-corrected chi connectivity index (χ0v) is 28.4. The molecule has 2 nitrogen and oxygen atoms in total. The lowest BCUT2D eigenvalue weighted by molar-refractivity contribution is 1.18. The molecule has 0 spiro atoms. The van der Waals surface area contributed by atoms with Crippen molar-refractivity contribution in [1.82, 2.24) is 9.13 Å². The quantitative estimate of drug-likeness (QED) is 0.177. The van der Waals surface area contributed by atoms with Crippen molar-refractivity contribution in [3.05, 3.63) is 182 Å². The van der Waals surface area contributed by atoms with Crippen LogP contribution >= 0.6 is 11.3 Å². The summed E-state index contributed by atoms with van der Waals surface area (Å²) in [6, 6.07) is 66.6. The molecule has 8 aromatic carbocycles. The Bertz CT molecular complexity index is 3120. The second-order valence-corrected chi connectivity index (χ2v) is 14.4. The van der Waals surface area contributed by atoms with Crippen LogP contribution in [0.1, 0.15) is 0 Å². The highest BCUT2D eigenvalue weighted by molar-refractivity contribution is 7.25. The van der Waals surface area contributed by atoms with Crippen LogP contribution in [0.4, 0.5) is 0 Å². The Hall–Kier alpha value is -6.42. The predicted molar refractivity (Wildman–Crippen MR) is 219 cm³/mol. The van der Waals surface area contributed by atoms with Crippen LogP contribution in [0.15, 0.2) is 182 Å². The van der Waals surface area contributed by atoms with Gasteiger partial charge in [0.05, 0.1) is 22.1 Å². The number of benzene rings is 8. The van der Waals surface area contributed by atoms with E-state index in [1.165, 1.54) is 91.7 Å². The van der Waals surface area contributed by atoms with Gasteiger partial charge in [-0.15, -0.1) is 11.3 Å². The molecule has 238 valence electrons. The molecule has 0 saturated carbocycles. The summed E-state index contributed by atoms with van der Waals surface area (Å²) in [7, 11) is 0. The zero-order valence-electron chi connectivity index (χ0n) is 27.6. The minimum Gasteiger partial charge on any atom is -0.309 e. The summed E-state index contributed by atoms with van der Waals surface area (Å²) in [5.41, 5.74) is 12.2. The summed E-state index contributed by atoms with van der Waals surface area (Å²) in [5, 5.41) is 7.72. The number of thiophene rings is 1. The molecule has 0 saturated heterocycles. The lowest BCUT2D eigenvalue weighted by Crippen LogP contribution is -1.94. The van der Waals surface area contributed by atoms with Gasteiger partial charge in [-0.25, -0.2) is 0 Å². The van der Waals surface area contributed by atoms with Crippen molar-refractivity contribution in [1.29, 1.82) is 0 Å². The van der Waals surface area contributed by atoms with Crippen LogP contribution in [0, 0.1) is 0 Å². The molecule has 0 N–H and O–H groups in total. The minimum absolute atomic E-state index is 1.16. The third-order valence-corrected chi connectivity index (χ3v) is 11.7. The second kappa shape index (κ2) is 11.0. The normalized spacial score (nSPS) is 11.9. The first kappa shape index (κ1) is 28.4. The molecule has 3 heteroatoms. The Labute approximate surface area is 298 Å². The summed E-state index contributed by atoms with van der Waals surface area (Å²) in [6.07, 6.45) is 0. The number of nitrogens with zero attached hydrogens (tertiary/aromatic N) is 2. The summed E-state index contributed by atoms with van der Waals surface area (Å²) >= 11 is 1.87. The molecule has 0 aliphatic carbocycles. The van der Waals surface area contributed by atoms with E-state index in [0.717, 1.165) is 5.69 Å². The van der Waals surface area contributed by atoms with E-state index in [1.807, 2.05) is 11.3 Å². The number of rotatable bonds is 4. The molecule has 0 atom stereocenters. The van der Waals surface area contributed by atoms with Crippen LogP contribution in [0.3, 0.4) is 0 Å². The summed E-state index contributed by atoms with van der Waals surface area (Å²) < 4.78 is 7.45. The number of fused-ring (bicyclic) bond motifs is 9. The fraction of sp³-hybridized carbons (Fsp3) is 0. The van der Waals surface area contributed by atoms with Crippen molar-refractivity contribution >= 4 is 75.1 Å². The van der Waals surface area contributed by atoms with Crippen LogP contribution in [-0.2, 0) is 0 Å². The van der Waals surface area contributed by atoms with E-state index >= 15 is 0 Å². The molecular weight excluding hydrogens is 637 g/mol. The monoisotopic (exact) mass is 666 g/mol. The summed E-state index contributed by atoms with van der Waals surface area (Å²) in [6.45, 7) is 0. The van der Waals surface area contributed by atoms with Crippen molar-refractivity contribution in [3.63, 3.8) is 0 Å². The molecule has 0 aliphatic rings. The Morgan fingerprint density at radius 1 is 0.314 bits per heavy atom. The fourth-order valence-electron chi connectivity index (χ4n) is 8.24. The van der Waals surface area contributed by atoms with E-state index in [1.54, 1.807) is 0 Å². The van der Waals surface area contributed by atoms with Crippen LogP contribution in [0.2, 0.25) is 0 Å². The Kier molecular flexibility index (Phi) is 6.16. The summed E-state index contributed by atoms with van der Waals surface area (Å²) in [4.78, 5) is 0. The van der Waals surface area contributed by atoms with Gasteiger partial charge in [0.25, 0.3) is 0 Å². The highest BCUT2D eigenvalue weighted by Gasteiger charge is 2.17. The average Bonchev–Trinajstić information content (AvgIpc) is 3.85. The van der Waals surface area contributed by atoms with Gasteiger partial charge in [-0.3, -0.25) is 0 Å². The molecule has 0 amide bonds. The van der Waals surface area contributed by atoms with Crippen LogP contribution in [-0.4, -0.2) is 9.13 Å². The zero-order chi connectivity index (χ0) is 33.5. The lowest BCUT2D eigenvalue weighted by Gasteiger charge is -2.11. The average molecular weight is 667 g/mol. The van der Waals surface area contributed by atoms with Crippen molar-refractivity contribution in [2.75, 3.05) is 0 Å². The Morgan fingerprint density at radius 3 is 1.45 bits per heavy atom. The third kappa shape index (κ3) is 4.29. The van der Waals surface area contributed by atoms with Gasteiger partial charge >= 0.3 is 0 Å². The molecule has 11 rings (SSSR count). The molecule has 11 aromatic rings. The van der Waals surface area contributed by atoms with Gasteiger partial charge < -0.3 is 9.13 Å². The maximum absolute atomic E-state index is 2.41. The largest absolute Gasteiger partial charge is 0.309 e. The third-order valence-electron chi connectivity index (χ3n) is 10.5. The first-order valence-electron chi connectivity index (χ1n) is 17.4. The van der Waals surface area contributed by atoms with E-state index in [-0.39, 0.29) is 0 Å². The fourth-order valence-corrected chi connectivity index (χ4v) is 9.38. The van der Waals surface area contributed by atoms with Gasteiger partial charge in [0.2, 0.25) is 0 Å². The molecule has 3 heterocycles. The smallest absolute Gasteiger partial charge is 0.0541 e. The van der Waals surface area contributed by atoms with Gasteiger partial charge in [0, 0.05) is 53.1 Å². The first-order chi connectivity index (χ1) is 25.3. The molecule has 0 radical (unpaired) electrons. The number of hydrogen-bond donors (Lipinski definition) is 0. The van der Waals surface area contributed by atoms with Crippen molar-refractivity contribution in [2.45, 2.75) is 0 Å².